The molecule has 0 bridgehead atoms. The summed E-state index contributed by atoms with van der Waals surface area (Å²) in [5.74, 6) is 0. The lowest BCUT2D eigenvalue weighted by Crippen LogP contribution is -2.36. The molecule has 2 heteroatoms. The molecule has 1 heterocycles. The fourth-order valence-corrected chi connectivity index (χ4v) is 2.43. The topological polar surface area (TPSA) is 15.3 Å². The molecule has 0 saturated carbocycles. The van der Waals surface area contributed by atoms with Gasteiger partial charge in [-0.25, -0.2) is 0 Å². The Bertz CT molecular complexity index is 308. The van der Waals surface area contributed by atoms with Crippen LogP contribution < -0.4 is 5.32 Å². The zero-order valence-electron chi connectivity index (χ0n) is 10.3. The van der Waals surface area contributed by atoms with Crippen molar-refractivity contribution < 1.29 is 0 Å². The maximum atomic E-state index is 3.62. The van der Waals surface area contributed by atoms with Crippen LogP contribution in [0, 0.1) is 0 Å². The summed E-state index contributed by atoms with van der Waals surface area (Å²) in [7, 11) is 0. The van der Waals surface area contributed by atoms with Crippen molar-refractivity contribution in [2.45, 2.75) is 38.9 Å². The average molecular weight is 218 g/mol. The molecule has 1 aliphatic rings. The van der Waals surface area contributed by atoms with Crippen LogP contribution in [0.1, 0.15) is 25.8 Å². The Morgan fingerprint density at radius 2 is 2.06 bits per heavy atom. The van der Waals surface area contributed by atoms with E-state index in [9.17, 15) is 0 Å². The predicted molar refractivity (Wildman–Crippen MR) is 68.4 cm³/mol. The maximum absolute atomic E-state index is 3.62. The molecule has 0 aromatic heterocycles. The van der Waals surface area contributed by atoms with Crippen molar-refractivity contribution in [2.24, 2.45) is 0 Å². The molecule has 1 aromatic carbocycles. The van der Waals surface area contributed by atoms with Crippen LogP contribution in [0.25, 0.3) is 0 Å². The monoisotopic (exact) mass is 218 g/mol. The van der Waals surface area contributed by atoms with E-state index >= 15 is 0 Å². The van der Waals surface area contributed by atoms with Gasteiger partial charge < -0.3 is 5.32 Å². The van der Waals surface area contributed by atoms with Gasteiger partial charge in [0.25, 0.3) is 0 Å². The number of rotatable bonds is 4. The first-order chi connectivity index (χ1) is 7.74. The molecule has 0 unspecified atom stereocenters. The molecule has 1 aliphatic heterocycles. The standard InChI is InChI=1S/C14H22N2/c1-12(2)15-14-8-9-16(11-14)10-13-6-4-3-5-7-13/h3-7,12,14-15H,8-11H2,1-2H3/t14-/m0/s1. The van der Waals surface area contributed by atoms with E-state index in [4.69, 9.17) is 0 Å². The SMILES string of the molecule is CC(C)N[C@H]1CCN(Cc2ccccc2)C1. The van der Waals surface area contributed by atoms with Crippen LogP contribution in [0.3, 0.4) is 0 Å². The summed E-state index contributed by atoms with van der Waals surface area (Å²) in [6, 6.07) is 12.0. The highest BCUT2D eigenvalue weighted by Crippen LogP contribution is 2.13. The van der Waals surface area contributed by atoms with Gasteiger partial charge in [-0.3, -0.25) is 4.90 Å². The van der Waals surface area contributed by atoms with Crippen LogP contribution in [0.4, 0.5) is 0 Å². The van der Waals surface area contributed by atoms with Gasteiger partial charge in [0, 0.05) is 31.7 Å². The number of hydrogen-bond acceptors (Lipinski definition) is 2. The summed E-state index contributed by atoms with van der Waals surface area (Å²) >= 11 is 0. The molecular weight excluding hydrogens is 196 g/mol. The number of nitrogens with zero attached hydrogens (tertiary/aromatic N) is 1. The molecule has 88 valence electrons. The Morgan fingerprint density at radius 3 is 2.75 bits per heavy atom. The molecule has 2 rings (SSSR count). The van der Waals surface area contributed by atoms with Crippen molar-refractivity contribution in [2.75, 3.05) is 13.1 Å². The first-order valence-corrected chi connectivity index (χ1v) is 6.26. The average Bonchev–Trinajstić information content (AvgIpc) is 2.66. The third kappa shape index (κ3) is 3.32. The number of nitrogens with one attached hydrogen (secondary N) is 1. The zero-order valence-corrected chi connectivity index (χ0v) is 10.3. The van der Waals surface area contributed by atoms with Crippen molar-refractivity contribution >= 4 is 0 Å². The Labute approximate surface area is 98.7 Å². The van der Waals surface area contributed by atoms with E-state index in [-0.39, 0.29) is 0 Å². The first-order valence-electron chi connectivity index (χ1n) is 6.26. The van der Waals surface area contributed by atoms with Gasteiger partial charge in [-0.15, -0.1) is 0 Å². The van der Waals surface area contributed by atoms with Crippen LogP contribution in [-0.4, -0.2) is 30.1 Å². The highest BCUT2D eigenvalue weighted by molar-refractivity contribution is 5.14. The van der Waals surface area contributed by atoms with E-state index in [1.165, 1.54) is 25.1 Å². The van der Waals surface area contributed by atoms with E-state index in [2.05, 4.69) is 54.4 Å². The Hall–Kier alpha value is -0.860. The van der Waals surface area contributed by atoms with Crippen LogP contribution in [0.2, 0.25) is 0 Å². The molecule has 0 aliphatic carbocycles. The molecule has 0 amide bonds. The highest BCUT2D eigenvalue weighted by atomic mass is 15.2. The molecule has 1 aromatic rings. The second-order valence-corrected chi connectivity index (χ2v) is 5.03. The molecule has 0 spiro atoms. The van der Waals surface area contributed by atoms with Crippen LogP contribution in [-0.2, 0) is 6.54 Å². The summed E-state index contributed by atoms with van der Waals surface area (Å²) in [4.78, 5) is 2.54. The van der Waals surface area contributed by atoms with Gasteiger partial charge in [0.2, 0.25) is 0 Å². The molecule has 0 radical (unpaired) electrons. The molecule has 2 nitrogen and oxygen atoms in total. The molecule has 16 heavy (non-hydrogen) atoms. The maximum Gasteiger partial charge on any atom is 0.0234 e. The second-order valence-electron chi connectivity index (χ2n) is 5.03. The Morgan fingerprint density at radius 1 is 1.31 bits per heavy atom. The van der Waals surface area contributed by atoms with Gasteiger partial charge >= 0.3 is 0 Å². The zero-order chi connectivity index (χ0) is 11.4. The van der Waals surface area contributed by atoms with E-state index in [1.54, 1.807) is 0 Å². The summed E-state index contributed by atoms with van der Waals surface area (Å²) in [5, 5.41) is 3.62. The third-order valence-electron chi connectivity index (χ3n) is 3.09. The van der Waals surface area contributed by atoms with Gasteiger partial charge in [0.05, 0.1) is 0 Å². The van der Waals surface area contributed by atoms with Crippen molar-refractivity contribution in [3.8, 4) is 0 Å². The van der Waals surface area contributed by atoms with Gasteiger partial charge in [-0.1, -0.05) is 44.2 Å². The molecular formula is C14H22N2. The minimum absolute atomic E-state index is 0.599. The lowest BCUT2D eigenvalue weighted by atomic mass is 10.2. The third-order valence-corrected chi connectivity index (χ3v) is 3.09. The van der Waals surface area contributed by atoms with Crippen LogP contribution in [0.15, 0.2) is 30.3 Å². The minimum atomic E-state index is 0.599. The first kappa shape index (κ1) is 11.6. The highest BCUT2D eigenvalue weighted by Gasteiger charge is 2.22. The van der Waals surface area contributed by atoms with Crippen molar-refractivity contribution in [1.29, 1.82) is 0 Å². The lowest BCUT2D eigenvalue weighted by Gasteiger charge is -2.18. The summed E-state index contributed by atoms with van der Waals surface area (Å²) < 4.78 is 0. The molecule has 1 saturated heterocycles. The smallest absolute Gasteiger partial charge is 0.0234 e. The van der Waals surface area contributed by atoms with Gasteiger partial charge in [0.15, 0.2) is 0 Å². The quantitative estimate of drug-likeness (QED) is 0.834. The summed E-state index contributed by atoms with van der Waals surface area (Å²) in [6.07, 6.45) is 1.28. The largest absolute Gasteiger partial charge is 0.310 e. The summed E-state index contributed by atoms with van der Waals surface area (Å²) in [6.45, 7) is 7.95. The Balaban J connectivity index is 1.81. The van der Waals surface area contributed by atoms with Gasteiger partial charge in [-0.05, 0) is 12.0 Å². The van der Waals surface area contributed by atoms with Crippen LogP contribution in [0.5, 0.6) is 0 Å². The molecule has 1 atom stereocenters. The second kappa shape index (κ2) is 5.46. The van der Waals surface area contributed by atoms with E-state index in [0.29, 0.717) is 12.1 Å². The number of benzene rings is 1. The van der Waals surface area contributed by atoms with Gasteiger partial charge in [0.1, 0.15) is 0 Å². The van der Waals surface area contributed by atoms with E-state index in [0.717, 1.165) is 6.54 Å². The Kier molecular flexibility index (Phi) is 3.97. The fourth-order valence-electron chi connectivity index (χ4n) is 2.43. The number of hydrogen-bond donors (Lipinski definition) is 1. The van der Waals surface area contributed by atoms with Crippen LogP contribution >= 0.6 is 0 Å². The lowest BCUT2D eigenvalue weighted by molar-refractivity contribution is 0.317. The normalized spacial score (nSPS) is 21.8. The van der Waals surface area contributed by atoms with E-state index in [1.807, 2.05) is 0 Å². The van der Waals surface area contributed by atoms with Crippen molar-refractivity contribution in [1.82, 2.24) is 10.2 Å². The summed E-state index contributed by atoms with van der Waals surface area (Å²) in [5.41, 5.74) is 1.42. The predicted octanol–water partition coefficient (Wildman–Crippen LogP) is 2.26. The van der Waals surface area contributed by atoms with Crippen molar-refractivity contribution in [3.05, 3.63) is 35.9 Å². The minimum Gasteiger partial charge on any atom is -0.310 e. The molecule has 1 fully saturated rings. The molecule has 1 N–H and O–H groups in total. The fraction of sp³-hybridized carbons (Fsp3) is 0.571. The number of likely N-dealkylation sites (tertiary alicyclic amines) is 1. The van der Waals surface area contributed by atoms with E-state index < -0.39 is 0 Å². The van der Waals surface area contributed by atoms with Gasteiger partial charge in [-0.2, -0.15) is 0 Å². The van der Waals surface area contributed by atoms with Crippen molar-refractivity contribution in [3.63, 3.8) is 0 Å².